The van der Waals surface area contributed by atoms with Crippen LogP contribution in [-0.2, 0) is 14.3 Å². The van der Waals surface area contributed by atoms with Crippen LogP contribution in [0.15, 0.2) is 71.6 Å². The molecule has 3 aromatic carbocycles. The number of esters is 1. The summed E-state index contributed by atoms with van der Waals surface area (Å²) in [7, 11) is 0. The molecule has 3 aromatic rings. The number of nitrogens with zero attached hydrogens (tertiary/aromatic N) is 1. The number of nitrogens with one attached hydrogen (secondary N) is 1. The zero-order valence-electron chi connectivity index (χ0n) is 17.6. The van der Waals surface area contributed by atoms with Crippen LogP contribution in [0.1, 0.15) is 23.2 Å². The number of ether oxygens (including phenoxy) is 1. The van der Waals surface area contributed by atoms with Gasteiger partial charge in [0.1, 0.15) is 0 Å². The summed E-state index contributed by atoms with van der Waals surface area (Å²) >= 11 is 1.32. The third-order valence-electron chi connectivity index (χ3n) is 5.31. The third-order valence-corrected chi connectivity index (χ3v) is 6.37. The van der Waals surface area contributed by atoms with Crippen molar-refractivity contribution in [3.63, 3.8) is 0 Å². The van der Waals surface area contributed by atoms with Crippen molar-refractivity contribution >= 4 is 46.0 Å². The van der Waals surface area contributed by atoms with E-state index in [9.17, 15) is 14.4 Å². The van der Waals surface area contributed by atoms with Gasteiger partial charge in [0, 0.05) is 29.1 Å². The fourth-order valence-electron chi connectivity index (χ4n) is 3.69. The minimum absolute atomic E-state index is 0.0742. The monoisotopic (exact) mass is 448 g/mol. The fraction of sp³-hybridized carbons (Fsp3) is 0.240. The van der Waals surface area contributed by atoms with Crippen LogP contribution in [0.25, 0.3) is 10.8 Å². The summed E-state index contributed by atoms with van der Waals surface area (Å²) in [5.41, 5.74) is 1.02. The maximum Gasteiger partial charge on any atom is 0.339 e. The van der Waals surface area contributed by atoms with Crippen molar-refractivity contribution < 1.29 is 19.1 Å². The zero-order chi connectivity index (χ0) is 22.3. The van der Waals surface area contributed by atoms with Gasteiger partial charge in [0.2, 0.25) is 5.91 Å². The second kappa shape index (κ2) is 10.3. The molecule has 164 valence electrons. The van der Waals surface area contributed by atoms with Gasteiger partial charge in [-0.25, -0.2) is 4.79 Å². The Morgan fingerprint density at radius 1 is 0.906 bits per heavy atom. The van der Waals surface area contributed by atoms with E-state index in [1.54, 1.807) is 18.2 Å². The molecule has 32 heavy (non-hydrogen) atoms. The minimum Gasteiger partial charge on any atom is -0.452 e. The highest BCUT2D eigenvalue weighted by atomic mass is 32.2. The summed E-state index contributed by atoms with van der Waals surface area (Å²) in [5, 5.41) is 4.73. The van der Waals surface area contributed by atoms with Crippen LogP contribution in [0.2, 0.25) is 0 Å². The van der Waals surface area contributed by atoms with Crippen LogP contribution in [0, 0.1) is 0 Å². The molecule has 2 amide bonds. The molecule has 1 heterocycles. The van der Waals surface area contributed by atoms with Gasteiger partial charge in [-0.3, -0.25) is 9.59 Å². The molecule has 0 aliphatic carbocycles. The highest BCUT2D eigenvalue weighted by Crippen LogP contribution is 2.25. The van der Waals surface area contributed by atoms with Crippen molar-refractivity contribution in [1.29, 1.82) is 0 Å². The number of fused-ring (bicyclic) bond motifs is 1. The number of benzene rings is 3. The number of carbonyl (C=O) groups is 3. The first-order valence-electron chi connectivity index (χ1n) is 10.6. The Labute approximate surface area is 190 Å². The summed E-state index contributed by atoms with van der Waals surface area (Å²) in [6, 6.07) is 20.3. The number of amides is 2. The second-order valence-electron chi connectivity index (χ2n) is 7.52. The van der Waals surface area contributed by atoms with E-state index in [4.69, 9.17) is 4.74 Å². The van der Waals surface area contributed by atoms with Crippen LogP contribution in [-0.4, -0.2) is 48.1 Å². The predicted molar refractivity (Wildman–Crippen MR) is 126 cm³/mol. The van der Waals surface area contributed by atoms with E-state index in [1.807, 2.05) is 53.4 Å². The highest BCUT2D eigenvalue weighted by Gasteiger charge is 2.20. The molecule has 1 aliphatic rings. The lowest BCUT2D eigenvalue weighted by Crippen LogP contribution is -2.29. The molecule has 7 heteroatoms. The van der Waals surface area contributed by atoms with E-state index in [1.165, 1.54) is 11.8 Å². The molecule has 0 atom stereocenters. The largest absolute Gasteiger partial charge is 0.452 e. The van der Waals surface area contributed by atoms with Gasteiger partial charge in [-0.2, -0.15) is 0 Å². The lowest BCUT2D eigenvalue weighted by atomic mass is 10.1. The van der Waals surface area contributed by atoms with Gasteiger partial charge in [0.15, 0.2) is 6.61 Å². The first-order chi connectivity index (χ1) is 15.6. The van der Waals surface area contributed by atoms with Crippen molar-refractivity contribution in [2.24, 2.45) is 0 Å². The smallest absolute Gasteiger partial charge is 0.339 e. The average Bonchev–Trinajstić information content (AvgIpc) is 3.37. The van der Waals surface area contributed by atoms with Crippen molar-refractivity contribution in [2.75, 3.05) is 30.8 Å². The maximum absolute atomic E-state index is 12.6. The van der Waals surface area contributed by atoms with Gasteiger partial charge in [-0.15, -0.1) is 11.8 Å². The number of likely N-dealkylation sites (tertiary alicyclic amines) is 1. The van der Waals surface area contributed by atoms with Gasteiger partial charge >= 0.3 is 5.97 Å². The van der Waals surface area contributed by atoms with Crippen LogP contribution >= 0.6 is 11.8 Å². The molecule has 0 saturated carbocycles. The molecule has 1 fully saturated rings. The minimum atomic E-state index is -0.588. The molecular formula is C25H24N2O4S. The fourth-order valence-corrected chi connectivity index (χ4v) is 4.63. The first kappa shape index (κ1) is 21.9. The Morgan fingerprint density at radius 2 is 1.62 bits per heavy atom. The van der Waals surface area contributed by atoms with Crippen molar-refractivity contribution in [2.45, 2.75) is 17.7 Å². The van der Waals surface area contributed by atoms with Gasteiger partial charge in [0.05, 0.1) is 11.3 Å². The van der Waals surface area contributed by atoms with Crippen molar-refractivity contribution in [3.8, 4) is 0 Å². The lowest BCUT2D eigenvalue weighted by Gasteiger charge is -2.15. The lowest BCUT2D eigenvalue weighted by molar-refractivity contribution is -0.127. The Hall–Kier alpha value is -3.32. The summed E-state index contributed by atoms with van der Waals surface area (Å²) in [4.78, 5) is 39.9. The summed E-state index contributed by atoms with van der Waals surface area (Å²) in [6.45, 7) is 1.21. The summed E-state index contributed by atoms with van der Waals surface area (Å²) < 4.78 is 5.26. The van der Waals surface area contributed by atoms with Gasteiger partial charge in [-0.05, 0) is 36.4 Å². The summed E-state index contributed by atoms with van der Waals surface area (Å²) in [6.07, 6.45) is 2.08. The molecule has 1 N–H and O–H groups in total. The van der Waals surface area contributed by atoms with Crippen molar-refractivity contribution in [1.82, 2.24) is 4.90 Å². The van der Waals surface area contributed by atoms with E-state index >= 15 is 0 Å². The SMILES string of the molecule is O=C(COC(=O)c1ccccc1SCC(=O)N1CCCC1)Nc1cccc2ccccc12. The number of hydrogen-bond acceptors (Lipinski definition) is 5. The zero-order valence-corrected chi connectivity index (χ0v) is 18.4. The second-order valence-corrected chi connectivity index (χ2v) is 8.54. The van der Waals surface area contributed by atoms with E-state index in [-0.39, 0.29) is 11.7 Å². The molecule has 1 saturated heterocycles. The number of carbonyl (C=O) groups excluding carboxylic acids is 3. The number of anilines is 1. The Bertz CT molecular complexity index is 1140. The Kier molecular flexibility index (Phi) is 7.07. The number of thioether (sulfide) groups is 1. The predicted octanol–water partition coefficient (Wildman–Crippen LogP) is 4.35. The van der Waals surface area contributed by atoms with E-state index in [0.29, 0.717) is 16.1 Å². The molecule has 0 aromatic heterocycles. The molecule has 4 rings (SSSR count). The molecule has 0 unspecified atom stereocenters. The van der Waals surface area contributed by atoms with E-state index < -0.39 is 18.5 Å². The maximum atomic E-state index is 12.6. The third kappa shape index (κ3) is 5.29. The average molecular weight is 449 g/mol. The first-order valence-corrected chi connectivity index (χ1v) is 11.5. The molecule has 6 nitrogen and oxygen atoms in total. The number of rotatable bonds is 7. The normalized spacial score (nSPS) is 13.2. The number of hydrogen-bond donors (Lipinski definition) is 1. The molecule has 0 bridgehead atoms. The van der Waals surface area contributed by atoms with Crippen LogP contribution in [0.4, 0.5) is 5.69 Å². The van der Waals surface area contributed by atoms with Crippen LogP contribution < -0.4 is 5.32 Å². The Balaban J connectivity index is 1.34. The van der Waals surface area contributed by atoms with Crippen LogP contribution in [0.5, 0.6) is 0 Å². The summed E-state index contributed by atoms with van der Waals surface area (Å²) in [5.74, 6) is -0.657. The van der Waals surface area contributed by atoms with E-state index in [0.717, 1.165) is 36.7 Å². The van der Waals surface area contributed by atoms with E-state index in [2.05, 4.69) is 5.32 Å². The van der Waals surface area contributed by atoms with Gasteiger partial charge in [-0.1, -0.05) is 48.5 Å². The van der Waals surface area contributed by atoms with Gasteiger partial charge < -0.3 is 15.0 Å². The molecule has 1 aliphatic heterocycles. The van der Waals surface area contributed by atoms with Crippen molar-refractivity contribution in [3.05, 3.63) is 72.3 Å². The topological polar surface area (TPSA) is 75.7 Å². The van der Waals surface area contributed by atoms with Crippen LogP contribution in [0.3, 0.4) is 0 Å². The standard InChI is InChI=1S/C25H24N2O4S/c28-23(26-21-12-7-9-18-8-1-2-10-19(18)21)16-31-25(30)20-11-3-4-13-22(20)32-17-24(29)27-14-5-6-15-27/h1-4,7-13H,5-6,14-17H2,(H,26,28). The Morgan fingerprint density at radius 3 is 2.47 bits per heavy atom. The molecular weight excluding hydrogens is 424 g/mol. The molecule has 0 spiro atoms. The van der Waals surface area contributed by atoms with Gasteiger partial charge in [0.25, 0.3) is 5.91 Å². The highest BCUT2D eigenvalue weighted by molar-refractivity contribution is 8.00. The molecule has 0 radical (unpaired) electrons. The quantitative estimate of drug-likeness (QED) is 0.430.